The van der Waals surface area contributed by atoms with E-state index in [1.165, 1.54) is 18.3 Å². The fourth-order valence-corrected chi connectivity index (χ4v) is 3.41. The fraction of sp³-hybridized carbons (Fsp3) is 0.263. The SMILES string of the molecule is O=c1c([N+](=O)[O-])c(NC(c2ccc(F)cc2)C2CCC2)nc2ccccn12. The zero-order chi connectivity index (χ0) is 19.0. The molecule has 0 spiro atoms. The van der Waals surface area contributed by atoms with E-state index in [1.807, 2.05) is 0 Å². The van der Waals surface area contributed by atoms with Gasteiger partial charge in [0.25, 0.3) is 0 Å². The van der Waals surface area contributed by atoms with Crippen molar-refractivity contribution in [3.8, 4) is 0 Å². The summed E-state index contributed by atoms with van der Waals surface area (Å²) in [7, 11) is 0. The number of nitro groups is 1. The molecule has 27 heavy (non-hydrogen) atoms. The molecule has 0 saturated heterocycles. The van der Waals surface area contributed by atoms with Gasteiger partial charge in [-0.1, -0.05) is 24.6 Å². The third-order valence-electron chi connectivity index (χ3n) is 5.04. The van der Waals surface area contributed by atoms with Crippen molar-refractivity contribution in [2.24, 2.45) is 5.92 Å². The van der Waals surface area contributed by atoms with Crippen molar-refractivity contribution in [2.45, 2.75) is 25.3 Å². The summed E-state index contributed by atoms with van der Waals surface area (Å²) >= 11 is 0. The van der Waals surface area contributed by atoms with Crippen LogP contribution in [0.15, 0.2) is 53.5 Å². The topological polar surface area (TPSA) is 89.5 Å². The first-order chi connectivity index (χ1) is 13.0. The standard InChI is InChI=1S/C19H17FN4O3/c20-14-9-7-13(8-10-14)16(12-4-3-5-12)22-18-17(24(26)27)19(25)23-11-2-1-6-15(23)21-18/h1-2,6-12,16,22H,3-5H2. The fourth-order valence-electron chi connectivity index (χ4n) is 3.41. The molecule has 2 aromatic heterocycles. The molecule has 0 bridgehead atoms. The Morgan fingerprint density at radius 1 is 1.22 bits per heavy atom. The number of halogens is 1. The summed E-state index contributed by atoms with van der Waals surface area (Å²) < 4.78 is 14.5. The molecule has 8 heteroatoms. The van der Waals surface area contributed by atoms with Crippen molar-refractivity contribution in [2.75, 3.05) is 5.32 Å². The van der Waals surface area contributed by atoms with E-state index in [-0.39, 0.29) is 23.6 Å². The molecule has 7 nitrogen and oxygen atoms in total. The summed E-state index contributed by atoms with van der Waals surface area (Å²) in [6.07, 6.45) is 4.43. The smallest absolute Gasteiger partial charge is 0.357 e. The quantitative estimate of drug-likeness (QED) is 0.548. The molecule has 1 aromatic carbocycles. The van der Waals surface area contributed by atoms with Crippen molar-refractivity contribution in [1.29, 1.82) is 0 Å². The Labute approximate surface area is 153 Å². The Hall–Kier alpha value is -3.29. The Balaban J connectivity index is 1.82. The number of aromatic nitrogens is 2. The lowest BCUT2D eigenvalue weighted by Crippen LogP contribution is -2.29. The third-order valence-corrected chi connectivity index (χ3v) is 5.04. The van der Waals surface area contributed by atoms with Gasteiger partial charge in [0.1, 0.15) is 11.5 Å². The van der Waals surface area contributed by atoms with Gasteiger partial charge >= 0.3 is 11.2 Å². The van der Waals surface area contributed by atoms with Gasteiger partial charge in [-0.15, -0.1) is 0 Å². The van der Waals surface area contributed by atoms with Crippen LogP contribution in [0, 0.1) is 21.8 Å². The van der Waals surface area contributed by atoms with Crippen molar-refractivity contribution < 1.29 is 9.31 Å². The number of nitrogens with zero attached hydrogens (tertiary/aromatic N) is 3. The molecule has 4 rings (SSSR count). The van der Waals surface area contributed by atoms with Gasteiger partial charge in [-0.05, 0) is 48.6 Å². The van der Waals surface area contributed by atoms with Gasteiger partial charge in [0, 0.05) is 6.20 Å². The van der Waals surface area contributed by atoms with Crippen LogP contribution >= 0.6 is 0 Å². The van der Waals surface area contributed by atoms with E-state index in [0.29, 0.717) is 5.65 Å². The molecule has 0 amide bonds. The minimum Gasteiger partial charge on any atom is -0.357 e. The number of nitrogens with one attached hydrogen (secondary N) is 1. The van der Waals surface area contributed by atoms with E-state index >= 15 is 0 Å². The average molecular weight is 368 g/mol. The van der Waals surface area contributed by atoms with Crippen LogP contribution in [-0.4, -0.2) is 14.3 Å². The average Bonchev–Trinajstić information content (AvgIpc) is 2.60. The van der Waals surface area contributed by atoms with Crippen LogP contribution in [0.25, 0.3) is 5.65 Å². The van der Waals surface area contributed by atoms with Gasteiger partial charge in [0.15, 0.2) is 0 Å². The van der Waals surface area contributed by atoms with Crippen LogP contribution in [0.3, 0.4) is 0 Å². The van der Waals surface area contributed by atoms with E-state index in [2.05, 4.69) is 10.3 Å². The number of anilines is 1. The van der Waals surface area contributed by atoms with Crippen LogP contribution in [0.5, 0.6) is 0 Å². The highest BCUT2D eigenvalue weighted by Crippen LogP contribution is 2.40. The molecule has 1 atom stereocenters. The minimum absolute atomic E-state index is 0.0579. The van der Waals surface area contributed by atoms with Gasteiger partial charge in [-0.25, -0.2) is 9.37 Å². The molecule has 1 aliphatic rings. The van der Waals surface area contributed by atoms with E-state index in [0.717, 1.165) is 29.2 Å². The maximum absolute atomic E-state index is 13.3. The second-order valence-electron chi connectivity index (χ2n) is 6.66. The molecule has 0 radical (unpaired) electrons. The van der Waals surface area contributed by atoms with Crippen LogP contribution in [0.2, 0.25) is 0 Å². The molecule has 1 saturated carbocycles. The lowest BCUT2D eigenvalue weighted by molar-refractivity contribution is -0.385. The highest BCUT2D eigenvalue weighted by atomic mass is 19.1. The van der Waals surface area contributed by atoms with E-state index in [4.69, 9.17) is 0 Å². The number of benzene rings is 1. The summed E-state index contributed by atoms with van der Waals surface area (Å²) in [6.45, 7) is 0. The van der Waals surface area contributed by atoms with Gasteiger partial charge in [-0.3, -0.25) is 19.3 Å². The van der Waals surface area contributed by atoms with Gasteiger partial charge in [-0.2, -0.15) is 0 Å². The molecule has 0 aliphatic heterocycles. The largest absolute Gasteiger partial charge is 0.376 e. The summed E-state index contributed by atoms with van der Waals surface area (Å²) in [5, 5.41) is 14.7. The van der Waals surface area contributed by atoms with Crippen LogP contribution in [-0.2, 0) is 0 Å². The Morgan fingerprint density at radius 2 is 1.96 bits per heavy atom. The maximum atomic E-state index is 13.3. The molecular formula is C19H17FN4O3. The number of hydrogen-bond donors (Lipinski definition) is 1. The molecule has 1 unspecified atom stereocenters. The zero-order valence-corrected chi connectivity index (χ0v) is 14.3. The molecule has 1 aliphatic carbocycles. The first-order valence-corrected chi connectivity index (χ1v) is 8.72. The van der Waals surface area contributed by atoms with Crippen LogP contribution in [0.1, 0.15) is 30.9 Å². The lowest BCUT2D eigenvalue weighted by Gasteiger charge is -2.34. The normalized spacial score (nSPS) is 15.3. The molecule has 138 valence electrons. The molecule has 1 N–H and O–H groups in total. The second kappa shape index (κ2) is 6.79. The highest BCUT2D eigenvalue weighted by Gasteiger charge is 2.32. The monoisotopic (exact) mass is 368 g/mol. The predicted octanol–water partition coefficient (Wildman–Crippen LogP) is 3.70. The van der Waals surface area contributed by atoms with Gasteiger partial charge in [0.2, 0.25) is 5.82 Å². The van der Waals surface area contributed by atoms with Crippen molar-refractivity contribution >= 4 is 17.2 Å². The van der Waals surface area contributed by atoms with E-state index in [9.17, 15) is 19.3 Å². The molecular weight excluding hydrogens is 351 g/mol. The minimum atomic E-state index is -0.737. The summed E-state index contributed by atoms with van der Waals surface area (Å²) in [4.78, 5) is 27.8. The molecule has 3 aromatic rings. The Kier molecular flexibility index (Phi) is 4.31. The van der Waals surface area contributed by atoms with E-state index in [1.54, 1.807) is 30.3 Å². The maximum Gasteiger partial charge on any atom is 0.376 e. The van der Waals surface area contributed by atoms with Crippen molar-refractivity contribution in [3.05, 3.63) is 80.5 Å². The Morgan fingerprint density at radius 3 is 2.59 bits per heavy atom. The number of hydrogen-bond acceptors (Lipinski definition) is 5. The Bertz CT molecular complexity index is 1060. The van der Waals surface area contributed by atoms with Gasteiger partial charge in [0.05, 0.1) is 11.0 Å². The third kappa shape index (κ3) is 3.14. The van der Waals surface area contributed by atoms with Crippen molar-refractivity contribution in [1.82, 2.24) is 9.38 Å². The summed E-state index contributed by atoms with van der Waals surface area (Å²) in [5.41, 5.74) is -0.197. The summed E-state index contributed by atoms with van der Waals surface area (Å²) in [6, 6.07) is 10.7. The predicted molar refractivity (Wildman–Crippen MR) is 98.2 cm³/mol. The van der Waals surface area contributed by atoms with Crippen LogP contribution in [0.4, 0.5) is 15.9 Å². The first-order valence-electron chi connectivity index (χ1n) is 8.72. The number of rotatable bonds is 5. The molecule has 2 heterocycles. The summed E-state index contributed by atoms with van der Waals surface area (Å²) in [5.74, 6) is -0.164. The van der Waals surface area contributed by atoms with Gasteiger partial charge < -0.3 is 5.32 Å². The second-order valence-corrected chi connectivity index (χ2v) is 6.66. The van der Waals surface area contributed by atoms with Crippen LogP contribution < -0.4 is 10.9 Å². The number of pyridine rings is 1. The molecule has 1 fully saturated rings. The first kappa shape index (κ1) is 17.1. The lowest BCUT2D eigenvalue weighted by atomic mass is 9.77. The highest BCUT2D eigenvalue weighted by molar-refractivity contribution is 5.60. The van der Waals surface area contributed by atoms with Crippen molar-refractivity contribution in [3.63, 3.8) is 0 Å². The van der Waals surface area contributed by atoms with E-state index < -0.39 is 16.2 Å². The number of fused-ring (bicyclic) bond motifs is 1. The zero-order valence-electron chi connectivity index (χ0n) is 14.3.